The molecule has 0 fully saturated rings. The van der Waals surface area contributed by atoms with Crippen molar-refractivity contribution in [3.8, 4) is 12.1 Å². The monoisotopic (exact) mass is 379 g/mol. The third-order valence-electron chi connectivity index (χ3n) is 5.01. The van der Waals surface area contributed by atoms with E-state index in [1.807, 2.05) is 37.3 Å². The van der Waals surface area contributed by atoms with Gasteiger partial charge in [0.15, 0.2) is 0 Å². The Bertz CT molecular complexity index is 1000. The average Bonchev–Trinajstić information content (AvgIpc) is 2.67. The second-order valence-corrected chi connectivity index (χ2v) is 8.80. The highest BCUT2D eigenvalue weighted by Crippen LogP contribution is 2.32. The zero-order chi connectivity index (χ0) is 19.4. The van der Waals surface area contributed by atoms with Gasteiger partial charge >= 0.3 is 0 Å². The van der Waals surface area contributed by atoms with E-state index in [4.69, 9.17) is 5.26 Å². The fourth-order valence-corrected chi connectivity index (χ4v) is 5.12. The lowest BCUT2D eigenvalue weighted by Gasteiger charge is -2.36. The number of sulfonamides is 1. The van der Waals surface area contributed by atoms with Gasteiger partial charge in [0.2, 0.25) is 10.0 Å². The van der Waals surface area contributed by atoms with Crippen molar-refractivity contribution < 1.29 is 8.42 Å². The number of rotatable bonds is 5. The molecule has 0 saturated carbocycles. The fraction of sp³-hybridized carbons (Fsp3) is 0.333. The number of benzene rings is 2. The van der Waals surface area contributed by atoms with E-state index in [-0.39, 0.29) is 23.9 Å². The predicted octanol–water partition coefficient (Wildman–Crippen LogP) is 3.55. The molecule has 2 aromatic rings. The van der Waals surface area contributed by atoms with Gasteiger partial charge in [-0.05, 0) is 43.0 Å². The van der Waals surface area contributed by atoms with Gasteiger partial charge in [-0.15, -0.1) is 0 Å². The van der Waals surface area contributed by atoms with E-state index in [2.05, 4.69) is 6.07 Å². The SMILES string of the molecule is Cc1ccc(S(=O)(=O)N2Cc3ccccc3CC2CC(C#N)CC#N)cc1. The summed E-state index contributed by atoms with van der Waals surface area (Å²) in [4.78, 5) is 0.256. The average molecular weight is 379 g/mol. The molecule has 0 saturated heterocycles. The lowest BCUT2D eigenvalue weighted by atomic mass is 9.89. The Morgan fingerprint density at radius 3 is 2.41 bits per heavy atom. The third-order valence-corrected chi connectivity index (χ3v) is 6.92. The molecule has 1 heterocycles. The van der Waals surface area contributed by atoms with E-state index in [1.54, 1.807) is 24.3 Å². The Labute approximate surface area is 160 Å². The van der Waals surface area contributed by atoms with Gasteiger partial charge in [0.1, 0.15) is 0 Å². The van der Waals surface area contributed by atoms with E-state index >= 15 is 0 Å². The van der Waals surface area contributed by atoms with Crippen LogP contribution in [-0.4, -0.2) is 18.8 Å². The number of nitriles is 2. The van der Waals surface area contributed by atoms with Gasteiger partial charge in [-0.1, -0.05) is 42.0 Å². The third kappa shape index (κ3) is 4.03. The molecule has 0 amide bonds. The molecule has 0 aliphatic carbocycles. The molecule has 2 unspecified atom stereocenters. The van der Waals surface area contributed by atoms with Gasteiger partial charge in [0.05, 0.1) is 29.4 Å². The first-order chi connectivity index (χ1) is 13.0. The molecule has 27 heavy (non-hydrogen) atoms. The molecule has 3 rings (SSSR count). The van der Waals surface area contributed by atoms with Gasteiger partial charge in [0, 0.05) is 12.6 Å². The Morgan fingerprint density at radius 1 is 1.11 bits per heavy atom. The van der Waals surface area contributed by atoms with Gasteiger partial charge in [-0.25, -0.2) is 8.42 Å². The number of hydrogen-bond acceptors (Lipinski definition) is 4. The maximum atomic E-state index is 13.3. The Hall–Kier alpha value is -2.67. The van der Waals surface area contributed by atoms with E-state index in [0.717, 1.165) is 16.7 Å². The lowest BCUT2D eigenvalue weighted by Crippen LogP contribution is -2.45. The first-order valence-electron chi connectivity index (χ1n) is 8.87. The molecule has 0 spiro atoms. The minimum atomic E-state index is -3.70. The Morgan fingerprint density at radius 2 is 1.78 bits per heavy atom. The summed E-state index contributed by atoms with van der Waals surface area (Å²) in [7, 11) is -3.70. The zero-order valence-electron chi connectivity index (χ0n) is 15.2. The highest BCUT2D eigenvalue weighted by molar-refractivity contribution is 7.89. The highest BCUT2D eigenvalue weighted by atomic mass is 32.2. The van der Waals surface area contributed by atoms with E-state index in [0.29, 0.717) is 12.8 Å². The van der Waals surface area contributed by atoms with Crippen LogP contribution in [0, 0.1) is 35.5 Å². The van der Waals surface area contributed by atoms with Crippen molar-refractivity contribution in [3.05, 3.63) is 65.2 Å². The van der Waals surface area contributed by atoms with Crippen molar-refractivity contribution in [2.75, 3.05) is 0 Å². The molecule has 6 heteroatoms. The minimum absolute atomic E-state index is 0.104. The van der Waals surface area contributed by atoms with E-state index in [1.165, 1.54) is 4.31 Å². The molecule has 1 aliphatic rings. The van der Waals surface area contributed by atoms with Crippen LogP contribution < -0.4 is 0 Å². The van der Waals surface area contributed by atoms with Crippen LogP contribution in [0.25, 0.3) is 0 Å². The summed E-state index contributed by atoms with van der Waals surface area (Å²) in [6.45, 7) is 2.19. The Balaban J connectivity index is 1.99. The summed E-state index contributed by atoms with van der Waals surface area (Å²) in [6.07, 6.45) is 1.00. The summed E-state index contributed by atoms with van der Waals surface area (Å²) in [5, 5.41) is 18.3. The molecular formula is C21H21N3O2S. The topological polar surface area (TPSA) is 85.0 Å². The second kappa shape index (κ2) is 7.92. The normalized spacial score (nSPS) is 18.1. The van der Waals surface area contributed by atoms with Crippen LogP contribution in [0.5, 0.6) is 0 Å². The highest BCUT2D eigenvalue weighted by Gasteiger charge is 2.36. The summed E-state index contributed by atoms with van der Waals surface area (Å²) in [5.41, 5.74) is 3.08. The number of hydrogen-bond donors (Lipinski definition) is 0. The van der Waals surface area contributed by atoms with Crippen LogP contribution in [-0.2, 0) is 23.0 Å². The molecule has 5 nitrogen and oxygen atoms in total. The quantitative estimate of drug-likeness (QED) is 0.795. The van der Waals surface area contributed by atoms with Crippen molar-refractivity contribution in [1.29, 1.82) is 10.5 Å². The largest absolute Gasteiger partial charge is 0.243 e. The van der Waals surface area contributed by atoms with Crippen molar-refractivity contribution in [2.45, 2.75) is 43.7 Å². The van der Waals surface area contributed by atoms with E-state index in [9.17, 15) is 13.7 Å². The first kappa shape index (κ1) is 19.1. The first-order valence-corrected chi connectivity index (χ1v) is 10.3. The second-order valence-electron chi connectivity index (χ2n) is 6.91. The van der Waals surface area contributed by atoms with E-state index < -0.39 is 15.9 Å². The molecule has 0 radical (unpaired) electrons. The summed E-state index contributed by atoms with van der Waals surface area (Å²) in [5.74, 6) is -0.485. The fourth-order valence-electron chi connectivity index (χ4n) is 3.51. The molecular weight excluding hydrogens is 358 g/mol. The summed E-state index contributed by atoms with van der Waals surface area (Å²) >= 11 is 0. The smallest absolute Gasteiger partial charge is 0.207 e. The minimum Gasteiger partial charge on any atom is -0.207 e. The van der Waals surface area contributed by atoms with Crippen molar-refractivity contribution in [1.82, 2.24) is 4.31 Å². The molecule has 1 aliphatic heterocycles. The molecule has 2 atom stereocenters. The molecule has 0 bridgehead atoms. The van der Waals surface area contributed by atoms with Gasteiger partial charge in [-0.3, -0.25) is 0 Å². The van der Waals surface area contributed by atoms with Gasteiger partial charge < -0.3 is 0 Å². The van der Waals surface area contributed by atoms with Crippen LogP contribution in [0.15, 0.2) is 53.4 Å². The maximum Gasteiger partial charge on any atom is 0.243 e. The molecule has 2 aromatic carbocycles. The number of fused-ring (bicyclic) bond motifs is 1. The van der Waals surface area contributed by atoms with Gasteiger partial charge in [0.25, 0.3) is 0 Å². The van der Waals surface area contributed by atoms with Crippen molar-refractivity contribution in [2.24, 2.45) is 5.92 Å². The van der Waals surface area contributed by atoms with Crippen LogP contribution in [0.1, 0.15) is 29.5 Å². The van der Waals surface area contributed by atoms with Gasteiger partial charge in [-0.2, -0.15) is 14.8 Å². The number of aryl methyl sites for hydroxylation is 1. The Kier molecular flexibility index (Phi) is 5.60. The molecule has 0 N–H and O–H groups in total. The maximum absolute atomic E-state index is 13.3. The van der Waals surface area contributed by atoms with Crippen molar-refractivity contribution >= 4 is 10.0 Å². The zero-order valence-corrected chi connectivity index (χ0v) is 16.0. The summed E-state index contributed by atoms with van der Waals surface area (Å²) in [6, 6.07) is 18.5. The van der Waals surface area contributed by atoms with Crippen LogP contribution >= 0.6 is 0 Å². The summed E-state index contributed by atoms with van der Waals surface area (Å²) < 4.78 is 28.2. The molecule has 138 valence electrons. The lowest BCUT2D eigenvalue weighted by molar-refractivity contribution is 0.261. The van der Waals surface area contributed by atoms with Crippen LogP contribution in [0.4, 0.5) is 0 Å². The van der Waals surface area contributed by atoms with Crippen LogP contribution in [0.2, 0.25) is 0 Å². The van der Waals surface area contributed by atoms with Crippen LogP contribution in [0.3, 0.4) is 0 Å². The van der Waals surface area contributed by atoms with Crippen molar-refractivity contribution in [3.63, 3.8) is 0 Å². The number of nitrogens with zero attached hydrogens (tertiary/aromatic N) is 3. The predicted molar refractivity (Wildman–Crippen MR) is 102 cm³/mol. The molecule has 0 aromatic heterocycles. The standard InChI is InChI=1S/C21H21N3O2S/c1-16-6-8-21(9-7-16)27(25,26)24-15-19-5-3-2-4-18(19)13-20(24)12-17(14-23)10-11-22/h2-9,17,20H,10,12-13,15H2,1H3.